The van der Waals surface area contributed by atoms with Crippen molar-refractivity contribution in [1.29, 1.82) is 0 Å². The lowest BCUT2D eigenvalue weighted by atomic mass is 9.43. The Kier molecular flexibility index (Phi) is 6.50. The van der Waals surface area contributed by atoms with Crippen LogP contribution in [0.25, 0.3) is 0 Å². The molecule has 236 valence electrons. The SMILES string of the molecule is CCN1C[C@]2(OC(=O)c3ccccc3NC(C)=O)CC[C@@H](OC)C34C1C(O)(C[C@@H]32)[C@@]1(O)C[C@H](OC)C2CC4[C@]1(O)[C@H]2OC. The first-order chi connectivity index (χ1) is 20.4. The number of rotatable bonds is 7. The number of amides is 1. The van der Waals surface area contributed by atoms with Crippen molar-refractivity contribution in [2.45, 2.75) is 92.7 Å². The molecular weight excluding hydrogens is 556 g/mol. The molecule has 5 aliphatic carbocycles. The van der Waals surface area contributed by atoms with E-state index in [1.807, 2.05) is 6.92 Å². The van der Waals surface area contributed by atoms with Gasteiger partial charge in [-0.15, -0.1) is 0 Å². The van der Waals surface area contributed by atoms with Gasteiger partial charge in [-0.1, -0.05) is 19.1 Å². The van der Waals surface area contributed by atoms with Gasteiger partial charge in [0.15, 0.2) is 0 Å². The summed E-state index contributed by atoms with van der Waals surface area (Å²) < 4.78 is 24.8. The number of carbonyl (C=O) groups excluding carboxylic acids is 2. The van der Waals surface area contributed by atoms with E-state index in [2.05, 4.69) is 10.2 Å². The Morgan fingerprint density at radius 1 is 1.05 bits per heavy atom. The van der Waals surface area contributed by atoms with Crippen LogP contribution in [-0.4, -0.2) is 113 Å². The summed E-state index contributed by atoms with van der Waals surface area (Å²) in [4.78, 5) is 28.1. The number of esters is 1. The number of hydrogen-bond acceptors (Lipinski definition) is 10. The fourth-order valence-electron chi connectivity index (χ4n) is 11.6. The van der Waals surface area contributed by atoms with Crippen LogP contribution in [0.2, 0.25) is 0 Å². The molecule has 11 heteroatoms. The van der Waals surface area contributed by atoms with E-state index in [1.165, 1.54) is 6.92 Å². The number of hydrogen-bond donors (Lipinski definition) is 4. The fraction of sp³-hybridized carbons (Fsp3) is 0.750. The van der Waals surface area contributed by atoms with Gasteiger partial charge in [0.2, 0.25) is 5.91 Å². The molecule has 5 unspecified atom stereocenters. The fourth-order valence-corrected chi connectivity index (χ4v) is 11.6. The number of carbonyl (C=O) groups is 2. The molecule has 0 aromatic heterocycles. The van der Waals surface area contributed by atoms with Crippen molar-refractivity contribution >= 4 is 17.6 Å². The minimum Gasteiger partial charge on any atom is -0.454 e. The molecule has 1 amide bonds. The maximum atomic E-state index is 14.0. The number of likely N-dealkylation sites (tertiary alicyclic amines) is 1. The third-order valence-corrected chi connectivity index (χ3v) is 12.7. The highest BCUT2D eigenvalue weighted by atomic mass is 16.6. The molecule has 4 N–H and O–H groups in total. The minimum absolute atomic E-state index is 0.0723. The number of likely N-dealkylation sites (N-methyl/N-ethyl adjacent to an activating group) is 1. The summed E-state index contributed by atoms with van der Waals surface area (Å²) in [6.07, 6.45) is 0.245. The lowest BCUT2D eigenvalue weighted by Crippen LogP contribution is -2.87. The molecule has 11 nitrogen and oxygen atoms in total. The maximum absolute atomic E-state index is 14.0. The highest BCUT2D eigenvalue weighted by Crippen LogP contribution is 2.80. The number of aliphatic hydroxyl groups is 3. The molecule has 1 saturated heterocycles. The molecular formula is C32H44N2O9. The highest BCUT2D eigenvalue weighted by Gasteiger charge is 2.93. The molecule has 1 heterocycles. The van der Waals surface area contributed by atoms with E-state index >= 15 is 0 Å². The molecule has 0 radical (unpaired) electrons. The van der Waals surface area contributed by atoms with E-state index in [4.69, 9.17) is 18.9 Å². The number of anilines is 1. The van der Waals surface area contributed by atoms with Gasteiger partial charge in [-0.05, 0) is 44.4 Å². The Morgan fingerprint density at radius 2 is 1.79 bits per heavy atom. The largest absolute Gasteiger partial charge is 0.454 e. The summed E-state index contributed by atoms with van der Waals surface area (Å²) in [7, 11) is 4.82. The van der Waals surface area contributed by atoms with Gasteiger partial charge in [0.1, 0.15) is 22.4 Å². The van der Waals surface area contributed by atoms with Crippen LogP contribution in [0.15, 0.2) is 24.3 Å². The zero-order chi connectivity index (χ0) is 30.7. The third kappa shape index (κ3) is 3.24. The molecule has 7 bridgehead atoms. The van der Waals surface area contributed by atoms with Gasteiger partial charge in [-0.3, -0.25) is 9.69 Å². The number of nitrogens with one attached hydrogen (secondary N) is 1. The quantitative estimate of drug-likeness (QED) is 0.338. The first kappa shape index (κ1) is 29.6. The Bertz CT molecular complexity index is 1340. The topological polar surface area (TPSA) is 147 Å². The summed E-state index contributed by atoms with van der Waals surface area (Å²) in [5.41, 5.74) is -6.72. The smallest absolute Gasteiger partial charge is 0.340 e. The lowest BCUT2D eigenvalue weighted by molar-refractivity contribution is -0.369. The Morgan fingerprint density at radius 3 is 2.44 bits per heavy atom. The average Bonchev–Trinajstić information content (AvgIpc) is 3.36. The summed E-state index contributed by atoms with van der Waals surface area (Å²) in [5.74, 6) is -1.97. The van der Waals surface area contributed by atoms with Crippen LogP contribution in [0.1, 0.15) is 56.3 Å². The zero-order valence-electron chi connectivity index (χ0n) is 25.5. The van der Waals surface area contributed by atoms with Gasteiger partial charge in [0.25, 0.3) is 0 Å². The minimum atomic E-state index is -1.93. The van der Waals surface area contributed by atoms with Crippen molar-refractivity contribution in [2.24, 2.45) is 23.2 Å². The molecule has 1 aromatic rings. The van der Waals surface area contributed by atoms with Gasteiger partial charge in [-0.25, -0.2) is 4.79 Å². The van der Waals surface area contributed by atoms with Crippen molar-refractivity contribution < 1.29 is 43.9 Å². The van der Waals surface area contributed by atoms with Crippen molar-refractivity contribution in [3.05, 3.63) is 29.8 Å². The molecule has 5 saturated carbocycles. The van der Waals surface area contributed by atoms with Crippen molar-refractivity contribution in [3.8, 4) is 0 Å². The van der Waals surface area contributed by atoms with Crippen LogP contribution in [0.3, 0.4) is 0 Å². The summed E-state index contributed by atoms with van der Waals surface area (Å²) in [6.45, 7) is 4.30. The molecule has 6 fully saturated rings. The normalized spacial score (nSPS) is 49.1. The Labute approximate surface area is 251 Å². The molecule has 1 aromatic carbocycles. The van der Waals surface area contributed by atoms with E-state index < -0.39 is 63.9 Å². The van der Waals surface area contributed by atoms with Gasteiger partial charge >= 0.3 is 5.97 Å². The van der Waals surface area contributed by atoms with E-state index in [-0.39, 0.29) is 36.3 Å². The predicted octanol–water partition coefficient (Wildman–Crippen LogP) is 1.34. The van der Waals surface area contributed by atoms with Crippen molar-refractivity contribution in [1.82, 2.24) is 4.90 Å². The average molecular weight is 601 g/mol. The van der Waals surface area contributed by atoms with E-state index in [0.717, 1.165) is 0 Å². The van der Waals surface area contributed by atoms with Crippen LogP contribution in [0.4, 0.5) is 5.69 Å². The highest BCUT2D eigenvalue weighted by molar-refractivity contribution is 6.00. The molecule has 12 atom stereocenters. The number of para-hydroxylation sites is 1. The van der Waals surface area contributed by atoms with Crippen LogP contribution >= 0.6 is 0 Å². The second-order valence-corrected chi connectivity index (χ2v) is 13.9. The van der Waals surface area contributed by atoms with Crippen LogP contribution < -0.4 is 5.32 Å². The van der Waals surface area contributed by atoms with Crippen LogP contribution in [0.5, 0.6) is 0 Å². The van der Waals surface area contributed by atoms with Crippen molar-refractivity contribution in [2.75, 3.05) is 39.7 Å². The molecule has 43 heavy (non-hydrogen) atoms. The third-order valence-electron chi connectivity index (χ3n) is 12.7. The zero-order valence-corrected chi connectivity index (χ0v) is 25.5. The van der Waals surface area contributed by atoms with Gasteiger partial charge in [0, 0.05) is 64.4 Å². The first-order valence-corrected chi connectivity index (χ1v) is 15.5. The molecule has 1 spiro atoms. The number of piperidine rings is 1. The van der Waals surface area contributed by atoms with Gasteiger partial charge in [0.05, 0.1) is 35.6 Å². The second-order valence-electron chi connectivity index (χ2n) is 13.9. The maximum Gasteiger partial charge on any atom is 0.340 e. The predicted molar refractivity (Wildman–Crippen MR) is 153 cm³/mol. The monoisotopic (exact) mass is 600 g/mol. The second kappa shape index (κ2) is 9.45. The number of ether oxygens (including phenoxy) is 4. The van der Waals surface area contributed by atoms with E-state index in [1.54, 1.807) is 45.6 Å². The standard InChI is InChI=1S/C32H44N2O9/c1-6-34-16-28(43-26(36)18-9-7-8-10-20(18)33-17(2)35)12-11-24(41-4)31-22-13-19-21(40-3)14-30(38,32(22,39)25(19)42-5)29(37,27(31)34)15-23(28)31/h7-10,19,21-25,27,37-39H,6,11-16H2,1-5H3,(H,33,35)/t19?,21-,22?,23+,24+,25-,27?,28+,29?,30-,31?,32-/m0/s1. The molecule has 1 aliphatic heterocycles. The van der Waals surface area contributed by atoms with Gasteiger partial charge < -0.3 is 39.6 Å². The summed E-state index contributed by atoms with van der Waals surface area (Å²) in [5, 5.41) is 41.5. The number of nitrogens with zero attached hydrogens (tertiary/aromatic N) is 1. The Hall–Kier alpha value is -2.12. The molecule has 7 rings (SSSR count). The lowest BCUT2D eigenvalue weighted by Gasteiger charge is -2.71. The van der Waals surface area contributed by atoms with Crippen molar-refractivity contribution in [3.63, 3.8) is 0 Å². The van der Waals surface area contributed by atoms with Crippen LogP contribution in [0, 0.1) is 23.2 Å². The summed E-state index contributed by atoms with van der Waals surface area (Å²) >= 11 is 0. The Balaban J connectivity index is 1.41. The molecule has 6 aliphatic rings. The van der Waals surface area contributed by atoms with Gasteiger partial charge in [-0.2, -0.15) is 0 Å². The summed E-state index contributed by atoms with van der Waals surface area (Å²) in [6, 6.07) is 6.23. The number of methoxy groups -OCH3 is 3. The number of fused-ring (bicyclic) bond motifs is 2. The first-order valence-electron chi connectivity index (χ1n) is 15.5. The van der Waals surface area contributed by atoms with E-state index in [9.17, 15) is 24.9 Å². The number of benzene rings is 1. The van der Waals surface area contributed by atoms with E-state index in [0.29, 0.717) is 38.0 Å². The van der Waals surface area contributed by atoms with Crippen LogP contribution in [-0.2, 0) is 23.7 Å².